The first kappa shape index (κ1) is 10.9. The van der Waals surface area contributed by atoms with E-state index in [9.17, 15) is 4.79 Å². The summed E-state index contributed by atoms with van der Waals surface area (Å²) in [7, 11) is 0. The summed E-state index contributed by atoms with van der Waals surface area (Å²) in [5, 5.41) is 19.7. The zero-order valence-corrected chi connectivity index (χ0v) is 7.37. The fraction of sp³-hybridized carbons (Fsp3) is 0.750. The van der Waals surface area contributed by atoms with Crippen molar-refractivity contribution >= 4 is 5.91 Å². The summed E-state index contributed by atoms with van der Waals surface area (Å²) < 4.78 is 0. The molecule has 4 heteroatoms. The molecule has 0 spiro atoms. The minimum atomic E-state index is -0.648. The van der Waals surface area contributed by atoms with E-state index in [0.717, 1.165) is 0 Å². The number of rotatable bonds is 4. The predicted octanol–water partition coefficient (Wildman–Crippen LogP) is 0.0332. The van der Waals surface area contributed by atoms with Crippen molar-refractivity contribution in [1.82, 2.24) is 5.32 Å². The highest BCUT2D eigenvalue weighted by Crippen LogP contribution is 1.95. The molecule has 0 aliphatic rings. The molecule has 0 aliphatic carbocycles. The van der Waals surface area contributed by atoms with E-state index in [1.54, 1.807) is 0 Å². The lowest BCUT2D eigenvalue weighted by Gasteiger charge is -2.14. The van der Waals surface area contributed by atoms with Crippen LogP contribution < -0.4 is 5.32 Å². The Balaban J connectivity index is 3.91. The number of nitriles is 1. The van der Waals surface area contributed by atoms with Gasteiger partial charge in [0.15, 0.2) is 0 Å². The van der Waals surface area contributed by atoms with Crippen molar-refractivity contribution in [3.8, 4) is 6.07 Å². The first-order chi connectivity index (χ1) is 5.65. The molecule has 0 bridgehead atoms. The lowest BCUT2D eigenvalue weighted by Crippen LogP contribution is -2.39. The maximum atomic E-state index is 11.1. The second-order valence-electron chi connectivity index (χ2n) is 2.65. The third-order valence-corrected chi connectivity index (χ3v) is 1.65. The van der Waals surface area contributed by atoms with Gasteiger partial charge >= 0.3 is 0 Å². The minimum Gasteiger partial charge on any atom is -0.394 e. The van der Waals surface area contributed by atoms with Crippen LogP contribution in [-0.4, -0.2) is 23.7 Å². The van der Waals surface area contributed by atoms with Crippen LogP contribution in [0.5, 0.6) is 0 Å². The zero-order chi connectivity index (χ0) is 9.56. The topological polar surface area (TPSA) is 73.1 Å². The van der Waals surface area contributed by atoms with Gasteiger partial charge in [0.25, 0.3) is 0 Å². The summed E-state index contributed by atoms with van der Waals surface area (Å²) in [6.45, 7) is 3.30. The fourth-order valence-electron chi connectivity index (χ4n) is 0.662. The van der Waals surface area contributed by atoms with Gasteiger partial charge in [0.1, 0.15) is 5.92 Å². The zero-order valence-electron chi connectivity index (χ0n) is 7.37. The maximum absolute atomic E-state index is 11.1. The Labute approximate surface area is 72.2 Å². The molecule has 4 nitrogen and oxygen atoms in total. The second kappa shape index (κ2) is 5.56. The molecule has 0 saturated carbocycles. The van der Waals surface area contributed by atoms with Crippen LogP contribution in [0.15, 0.2) is 0 Å². The van der Waals surface area contributed by atoms with Crippen molar-refractivity contribution in [2.24, 2.45) is 5.92 Å². The molecule has 0 radical (unpaired) electrons. The summed E-state index contributed by atoms with van der Waals surface area (Å²) >= 11 is 0. The van der Waals surface area contributed by atoms with Crippen molar-refractivity contribution < 1.29 is 9.90 Å². The third kappa shape index (κ3) is 3.35. The van der Waals surface area contributed by atoms with E-state index in [2.05, 4.69) is 5.32 Å². The number of nitrogens with zero attached hydrogens (tertiary/aromatic N) is 1. The van der Waals surface area contributed by atoms with Gasteiger partial charge in [-0.2, -0.15) is 5.26 Å². The number of carbonyl (C=O) groups is 1. The average Bonchev–Trinajstić information content (AvgIpc) is 2.12. The van der Waals surface area contributed by atoms with Crippen LogP contribution in [-0.2, 0) is 4.79 Å². The molecule has 0 aromatic rings. The Hall–Kier alpha value is -1.08. The molecule has 68 valence electrons. The average molecular weight is 170 g/mol. The van der Waals surface area contributed by atoms with E-state index < -0.39 is 5.92 Å². The largest absolute Gasteiger partial charge is 0.394 e. The smallest absolute Gasteiger partial charge is 0.237 e. The van der Waals surface area contributed by atoms with Gasteiger partial charge in [-0.05, 0) is 13.3 Å². The standard InChI is InChI=1S/C8H14N2O2/c1-3-7(5-11)10-8(12)6(2)4-9/h6-7,11H,3,5H2,1-2H3,(H,10,12)/t6?,7-/m1/s1. The van der Waals surface area contributed by atoms with E-state index >= 15 is 0 Å². The van der Waals surface area contributed by atoms with Gasteiger partial charge < -0.3 is 10.4 Å². The highest BCUT2D eigenvalue weighted by atomic mass is 16.3. The summed E-state index contributed by atoms with van der Waals surface area (Å²) in [5.41, 5.74) is 0. The molecule has 2 atom stereocenters. The van der Waals surface area contributed by atoms with Crippen molar-refractivity contribution in [3.63, 3.8) is 0 Å². The predicted molar refractivity (Wildman–Crippen MR) is 44.1 cm³/mol. The van der Waals surface area contributed by atoms with Crippen LogP contribution in [0.25, 0.3) is 0 Å². The third-order valence-electron chi connectivity index (χ3n) is 1.65. The number of amides is 1. The first-order valence-electron chi connectivity index (χ1n) is 3.96. The first-order valence-corrected chi connectivity index (χ1v) is 3.96. The Morgan fingerprint density at radius 2 is 2.33 bits per heavy atom. The SMILES string of the molecule is CC[C@H](CO)NC(=O)C(C)C#N. The summed E-state index contributed by atoms with van der Waals surface area (Å²) in [6, 6.07) is 1.60. The minimum absolute atomic E-state index is 0.0829. The molecule has 12 heavy (non-hydrogen) atoms. The number of aliphatic hydroxyl groups is 1. The second-order valence-corrected chi connectivity index (χ2v) is 2.65. The number of hydrogen-bond donors (Lipinski definition) is 2. The highest BCUT2D eigenvalue weighted by Gasteiger charge is 2.14. The molecule has 2 N–H and O–H groups in total. The van der Waals surface area contributed by atoms with Crippen LogP contribution in [0.3, 0.4) is 0 Å². The number of nitrogens with one attached hydrogen (secondary N) is 1. The van der Waals surface area contributed by atoms with Crippen LogP contribution >= 0.6 is 0 Å². The number of hydrogen-bond acceptors (Lipinski definition) is 3. The van der Waals surface area contributed by atoms with Crippen molar-refractivity contribution in [2.75, 3.05) is 6.61 Å². The Bertz CT molecular complexity index is 182. The van der Waals surface area contributed by atoms with Crippen LogP contribution in [0.1, 0.15) is 20.3 Å². The molecule has 0 fully saturated rings. The molecule has 0 aliphatic heterocycles. The Morgan fingerprint density at radius 3 is 2.67 bits per heavy atom. The number of carbonyl (C=O) groups excluding carboxylic acids is 1. The normalized spacial score (nSPS) is 14.5. The lowest BCUT2D eigenvalue weighted by atomic mass is 10.1. The monoisotopic (exact) mass is 170 g/mol. The Kier molecular flexibility index (Phi) is 5.06. The van der Waals surface area contributed by atoms with Crippen molar-refractivity contribution in [2.45, 2.75) is 26.3 Å². The van der Waals surface area contributed by atoms with E-state index in [1.165, 1.54) is 6.92 Å². The molecule has 0 aromatic carbocycles. The summed E-state index contributed by atoms with van der Waals surface area (Å²) in [6.07, 6.45) is 0.667. The molecule has 0 rings (SSSR count). The fourth-order valence-corrected chi connectivity index (χ4v) is 0.662. The molecular weight excluding hydrogens is 156 g/mol. The van der Waals surface area contributed by atoms with Gasteiger partial charge in [0, 0.05) is 0 Å². The highest BCUT2D eigenvalue weighted by molar-refractivity contribution is 5.80. The van der Waals surface area contributed by atoms with E-state index in [-0.39, 0.29) is 18.6 Å². The molecule has 0 heterocycles. The molecular formula is C8H14N2O2. The van der Waals surface area contributed by atoms with Gasteiger partial charge in [-0.25, -0.2) is 0 Å². The molecule has 0 aromatic heterocycles. The molecule has 1 unspecified atom stereocenters. The summed E-state index contributed by atoms with van der Waals surface area (Å²) in [4.78, 5) is 11.1. The Morgan fingerprint density at radius 1 is 1.75 bits per heavy atom. The van der Waals surface area contributed by atoms with Gasteiger partial charge in [-0.15, -0.1) is 0 Å². The van der Waals surface area contributed by atoms with Gasteiger partial charge in [-0.1, -0.05) is 6.92 Å². The van der Waals surface area contributed by atoms with Gasteiger partial charge in [0.05, 0.1) is 18.7 Å². The van der Waals surface area contributed by atoms with Crippen molar-refractivity contribution in [3.05, 3.63) is 0 Å². The van der Waals surface area contributed by atoms with Gasteiger partial charge in [-0.3, -0.25) is 4.79 Å². The quantitative estimate of drug-likeness (QED) is 0.625. The lowest BCUT2D eigenvalue weighted by molar-refractivity contribution is -0.124. The maximum Gasteiger partial charge on any atom is 0.237 e. The van der Waals surface area contributed by atoms with Crippen LogP contribution in [0.2, 0.25) is 0 Å². The van der Waals surface area contributed by atoms with Crippen molar-refractivity contribution in [1.29, 1.82) is 5.26 Å². The summed E-state index contributed by atoms with van der Waals surface area (Å²) in [5.74, 6) is -0.969. The number of aliphatic hydroxyl groups excluding tert-OH is 1. The van der Waals surface area contributed by atoms with E-state index in [4.69, 9.17) is 10.4 Å². The van der Waals surface area contributed by atoms with Gasteiger partial charge in [0.2, 0.25) is 5.91 Å². The molecule has 0 saturated heterocycles. The molecule has 1 amide bonds. The van der Waals surface area contributed by atoms with Crippen LogP contribution in [0.4, 0.5) is 0 Å². The van der Waals surface area contributed by atoms with E-state index in [0.29, 0.717) is 6.42 Å². The van der Waals surface area contributed by atoms with E-state index in [1.807, 2.05) is 13.0 Å². The van der Waals surface area contributed by atoms with Crippen LogP contribution in [0, 0.1) is 17.2 Å².